The monoisotopic (exact) mass is 445 g/mol. The molecule has 0 radical (unpaired) electrons. The Morgan fingerprint density at radius 3 is 2.50 bits per heavy atom. The predicted octanol–water partition coefficient (Wildman–Crippen LogP) is 3.86. The number of nitrogens with zero attached hydrogens (tertiary/aromatic N) is 2. The number of hydrogen-bond acceptors (Lipinski definition) is 5. The highest BCUT2D eigenvalue weighted by Crippen LogP contribution is 2.28. The van der Waals surface area contributed by atoms with Crippen LogP contribution in [-0.2, 0) is 14.8 Å². The fourth-order valence-electron chi connectivity index (χ4n) is 2.39. The molecule has 0 spiro atoms. The Balaban J connectivity index is 2.25. The highest BCUT2D eigenvalue weighted by molar-refractivity contribution is 7.89. The van der Waals surface area contributed by atoms with Crippen molar-refractivity contribution in [3.05, 3.63) is 62.1 Å². The summed E-state index contributed by atoms with van der Waals surface area (Å²) in [6, 6.07) is 8.05. The van der Waals surface area contributed by atoms with Gasteiger partial charge in [-0.25, -0.2) is 8.42 Å². The highest BCUT2D eigenvalue weighted by atomic mass is 35.5. The average Bonchev–Trinajstić information content (AvgIpc) is 2.63. The standard InChI is InChI=1S/C17H17Cl2N3O5S/c1-3-21(28(26,27)16-8-12(18)5-7-14(16)19)10-17(23)20-15-9-13(22(24)25)6-4-11(15)2/h4-9H,3,10H2,1-2H3,(H,20,23). The molecule has 28 heavy (non-hydrogen) atoms. The summed E-state index contributed by atoms with van der Waals surface area (Å²) in [6.07, 6.45) is 0. The molecule has 0 bridgehead atoms. The summed E-state index contributed by atoms with van der Waals surface area (Å²) in [6.45, 7) is 2.75. The Labute approximate surface area is 172 Å². The molecule has 0 aliphatic carbocycles. The van der Waals surface area contributed by atoms with Crippen LogP contribution in [0.3, 0.4) is 0 Å². The van der Waals surface area contributed by atoms with Crippen molar-refractivity contribution in [1.29, 1.82) is 0 Å². The first-order valence-electron chi connectivity index (χ1n) is 8.06. The van der Waals surface area contributed by atoms with Gasteiger partial charge in [-0.15, -0.1) is 0 Å². The van der Waals surface area contributed by atoms with Crippen molar-refractivity contribution in [2.45, 2.75) is 18.7 Å². The van der Waals surface area contributed by atoms with E-state index in [-0.39, 0.29) is 32.9 Å². The number of anilines is 1. The molecule has 0 aliphatic heterocycles. The van der Waals surface area contributed by atoms with Gasteiger partial charge < -0.3 is 5.32 Å². The van der Waals surface area contributed by atoms with Gasteiger partial charge in [0.1, 0.15) is 4.90 Å². The maximum atomic E-state index is 12.8. The molecule has 2 aromatic rings. The molecule has 2 rings (SSSR count). The normalized spacial score (nSPS) is 11.5. The lowest BCUT2D eigenvalue weighted by molar-refractivity contribution is -0.384. The summed E-state index contributed by atoms with van der Waals surface area (Å²) in [5.41, 5.74) is 0.641. The molecule has 0 fully saturated rings. The van der Waals surface area contributed by atoms with Crippen LogP contribution in [0.5, 0.6) is 0 Å². The summed E-state index contributed by atoms with van der Waals surface area (Å²) in [7, 11) is -4.08. The first-order chi connectivity index (χ1) is 13.1. The molecule has 0 aliphatic rings. The number of benzene rings is 2. The fourth-order valence-corrected chi connectivity index (χ4v) is 4.53. The maximum absolute atomic E-state index is 12.8. The van der Waals surface area contributed by atoms with Gasteiger partial charge in [-0.3, -0.25) is 14.9 Å². The number of sulfonamides is 1. The molecular weight excluding hydrogens is 429 g/mol. The van der Waals surface area contributed by atoms with Crippen molar-refractivity contribution in [2.24, 2.45) is 0 Å². The molecule has 8 nitrogen and oxygen atoms in total. The van der Waals surface area contributed by atoms with Crippen molar-refractivity contribution in [1.82, 2.24) is 4.31 Å². The number of carbonyl (C=O) groups is 1. The number of aryl methyl sites for hydroxylation is 1. The molecular formula is C17H17Cl2N3O5S. The number of halogens is 2. The van der Waals surface area contributed by atoms with Gasteiger partial charge in [0.05, 0.1) is 22.2 Å². The van der Waals surface area contributed by atoms with E-state index in [1.165, 1.54) is 36.4 Å². The van der Waals surface area contributed by atoms with Crippen LogP contribution < -0.4 is 5.32 Å². The van der Waals surface area contributed by atoms with Gasteiger partial charge in [-0.1, -0.05) is 36.2 Å². The number of hydrogen-bond donors (Lipinski definition) is 1. The third-order valence-electron chi connectivity index (χ3n) is 3.89. The number of carbonyl (C=O) groups excluding carboxylic acids is 1. The minimum Gasteiger partial charge on any atom is -0.324 e. The Hall–Kier alpha value is -2.20. The third-order valence-corrected chi connectivity index (χ3v) is 6.53. The molecule has 1 N–H and O–H groups in total. The molecule has 150 valence electrons. The van der Waals surface area contributed by atoms with E-state index >= 15 is 0 Å². The molecule has 0 heterocycles. The number of amides is 1. The van der Waals surface area contributed by atoms with Crippen LogP contribution in [0, 0.1) is 17.0 Å². The lowest BCUT2D eigenvalue weighted by Gasteiger charge is -2.21. The Morgan fingerprint density at radius 1 is 1.21 bits per heavy atom. The Kier molecular flexibility index (Phi) is 7.00. The molecule has 0 saturated heterocycles. The Bertz CT molecular complexity index is 1030. The summed E-state index contributed by atoms with van der Waals surface area (Å²) in [5, 5.41) is 13.6. The van der Waals surface area contributed by atoms with Gasteiger partial charge in [0.15, 0.2) is 0 Å². The van der Waals surface area contributed by atoms with E-state index in [9.17, 15) is 23.3 Å². The maximum Gasteiger partial charge on any atom is 0.271 e. The smallest absolute Gasteiger partial charge is 0.271 e. The quantitative estimate of drug-likeness (QED) is 0.513. The zero-order valence-electron chi connectivity index (χ0n) is 15.0. The molecule has 0 saturated carbocycles. The van der Waals surface area contributed by atoms with Gasteiger partial charge >= 0.3 is 0 Å². The minimum atomic E-state index is -4.08. The zero-order chi connectivity index (χ0) is 21.1. The first-order valence-corrected chi connectivity index (χ1v) is 10.3. The molecule has 11 heteroatoms. The lowest BCUT2D eigenvalue weighted by Crippen LogP contribution is -2.38. The van der Waals surface area contributed by atoms with E-state index in [1.54, 1.807) is 13.8 Å². The van der Waals surface area contributed by atoms with Crippen molar-refractivity contribution in [3.63, 3.8) is 0 Å². The molecule has 0 unspecified atom stereocenters. The van der Waals surface area contributed by atoms with Crippen LogP contribution >= 0.6 is 23.2 Å². The molecule has 0 atom stereocenters. The molecule has 1 amide bonds. The van der Waals surface area contributed by atoms with Crippen LogP contribution in [0.25, 0.3) is 0 Å². The molecule has 0 aromatic heterocycles. The van der Waals surface area contributed by atoms with Crippen molar-refractivity contribution >= 4 is 50.5 Å². The third kappa shape index (κ3) is 4.99. The summed E-state index contributed by atoms with van der Waals surface area (Å²) >= 11 is 11.9. The fraction of sp³-hybridized carbons (Fsp3) is 0.235. The van der Waals surface area contributed by atoms with Gasteiger partial charge in [-0.2, -0.15) is 4.31 Å². The van der Waals surface area contributed by atoms with Crippen molar-refractivity contribution < 1.29 is 18.1 Å². The highest BCUT2D eigenvalue weighted by Gasteiger charge is 2.28. The minimum absolute atomic E-state index is 0.00646. The predicted molar refractivity (Wildman–Crippen MR) is 107 cm³/mol. The van der Waals surface area contributed by atoms with E-state index in [1.807, 2.05) is 0 Å². The largest absolute Gasteiger partial charge is 0.324 e. The Morgan fingerprint density at radius 2 is 1.89 bits per heavy atom. The van der Waals surface area contributed by atoms with E-state index in [4.69, 9.17) is 23.2 Å². The van der Waals surface area contributed by atoms with E-state index in [0.717, 1.165) is 4.31 Å². The summed E-state index contributed by atoms with van der Waals surface area (Å²) in [4.78, 5) is 22.5. The number of rotatable bonds is 7. The SMILES string of the molecule is CCN(CC(=O)Nc1cc([N+](=O)[O-])ccc1C)S(=O)(=O)c1cc(Cl)ccc1Cl. The van der Waals surface area contributed by atoms with Gasteiger partial charge in [0, 0.05) is 23.7 Å². The summed E-state index contributed by atoms with van der Waals surface area (Å²) < 4.78 is 26.6. The zero-order valence-corrected chi connectivity index (χ0v) is 17.3. The van der Waals surface area contributed by atoms with E-state index in [0.29, 0.717) is 5.56 Å². The van der Waals surface area contributed by atoms with Crippen LogP contribution in [0.4, 0.5) is 11.4 Å². The number of nitrogens with one attached hydrogen (secondary N) is 1. The first kappa shape index (κ1) is 22.1. The van der Waals surface area contributed by atoms with E-state index < -0.39 is 27.4 Å². The second kappa shape index (κ2) is 8.87. The number of non-ortho nitro benzene ring substituents is 1. The van der Waals surface area contributed by atoms with Crippen LogP contribution in [0.15, 0.2) is 41.3 Å². The second-order valence-corrected chi connectivity index (χ2v) is 8.56. The second-order valence-electron chi connectivity index (χ2n) is 5.81. The van der Waals surface area contributed by atoms with Gasteiger partial charge in [0.25, 0.3) is 5.69 Å². The van der Waals surface area contributed by atoms with Gasteiger partial charge in [-0.05, 0) is 30.7 Å². The van der Waals surface area contributed by atoms with Crippen molar-refractivity contribution in [2.75, 3.05) is 18.4 Å². The lowest BCUT2D eigenvalue weighted by atomic mass is 10.2. The van der Waals surface area contributed by atoms with Crippen LogP contribution in [0.2, 0.25) is 10.0 Å². The van der Waals surface area contributed by atoms with Crippen LogP contribution in [-0.4, -0.2) is 36.6 Å². The molecule has 2 aromatic carbocycles. The average molecular weight is 446 g/mol. The van der Waals surface area contributed by atoms with Crippen LogP contribution in [0.1, 0.15) is 12.5 Å². The van der Waals surface area contributed by atoms with Crippen molar-refractivity contribution in [3.8, 4) is 0 Å². The topological polar surface area (TPSA) is 110 Å². The number of nitro groups is 1. The van der Waals surface area contributed by atoms with Gasteiger partial charge in [0.2, 0.25) is 15.9 Å². The van der Waals surface area contributed by atoms with E-state index in [2.05, 4.69) is 5.32 Å². The number of nitro benzene ring substituents is 1. The number of likely N-dealkylation sites (N-methyl/N-ethyl adjacent to an activating group) is 1. The summed E-state index contributed by atoms with van der Waals surface area (Å²) in [5.74, 6) is -0.646.